The van der Waals surface area contributed by atoms with Crippen LogP contribution in [0.1, 0.15) is 48.0 Å². The Morgan fingerprint density at radius 2 is 1.47 bits per heavy atom. The number of hydrogen-bond donors (Lipinski definition) is 0. The molecule has 2 unspecified atom stereocenters. The molecule has 0 aromatic carbocycles. The Labute approximate surface area is 106 Å². The minimum absolute atomic E-state index is 0.592. The van der Waals surface area contributed by atoms with Crippen LogP contribution in [0.25, 0.3) is 0 Å². The monoisotopic (exact) mass is 228 g/mol. The molecule has 0 heteroatoms. The van der Waals surface area contributed by atoms with Gasteiger partial charge in [0, 0.05) is 11.8 Å². The lowest BCUT2D eigenvalue weighted by Crippen LogP contribution is -2.23. The van der Waals surface area contributed by atoms with Crippen LogP contribution in [0.3, 0.4) is 0 Å². The molecular weight excluding hydrogens is 204 g/mol. The van der Waals surface area contributed by atoms with Crippen LogP contribution in [-0.4, -0.2) is 0 Å². The van der Waals surface area contributed by atoms with E-state index in [1.807, 2.05) is 0 Å². The molecule has 0 amide bonds. The summed E-state index contributed by atoms with van der Waals surface area (Å²) in [6, 6.07) is 0. The van der Waals surface area contributed by atoms with E-state index in [1.54, 1.807) is 16.7 Å². The highest BCUT2D eigenvalue weighted by Crippen LogP contribution is 2.44. The van der Waals surface area contributed by atoms with E-state index >= 15 is 0 Å². The number of hydrogen-bond acceptors (Lipinski definition) is 0. The molecule has 0 bridgehead atoms. The van der Waals surface area contributed by atoms with E-state index in [-0.39, 0.29) is 0 Å². The van der Waals surface area contributed by atoms with Gasteiger partial charge in [-0.25, -0.2) is 0 Å². The maximum absolute atomic E-state index is 2.47. The van der Waals surface area contributed by atoms with Crippen molar-refractivity contribution in [2.75, 3.05) is 0 Å². The van der Waals surface area contributed by atoms with Crippen molar-refractivity contribution in [2.45, 2.75) is 48.0 Å². The van der Waals surface area contributed by atoms with Crippen LogP contribution in [0.2, 0.25) is 0 Å². The highest BCUT2D eigenvalue weighted by Gasteiger charge is 2.31. The summed E-state index contributed by atoms with van der Waals surface area (Å²) < 4.78 is 0. The molecule has 0 saturated heterocycles. The Bertz CT molecular complexity index is 466. The van der Waals surface area contributed by atoms with Crippen molar-refractivity contribution in [3.8, 4) is 0 Å². The fourth-order valence-electron chi connectivity index (χ4n) is 3.55. The van der Waals surface area contributed by atoms with Crippen molar-refractivity contribution in [3.05, 3.63) is 45.6 Å². The summed E-state index contributed by atoms with van der Waals surface area (Å²) in [6.07, 6.45) is 6.08. The van der Waals surface area contributed by atoms with Crippen molar-refractivity contribution in [2.24, 2.45) is 11.8 Å². The third-order valence-electron chi connectivity index (χ3n) is 4.69. The maximum Gasteiger partial charge on any atom is 0.0111 e. The van der Waals surface area contributed by atoms with Crippen LogP contribution in [-0.2, 0) is 0 Å². The zero-order valence-corrected chi connectivity index (χ0v) is 12.0. The van der Waals surface area contributed by atoms with Gasteiger partial charge in [-0.3, -0.25) is 0 Å². The van der Waals surface area contributed by atoms with Gasteiger partial charge in [-0.2, -0.15) is 0 Å². The fraction of sp³-hybridized carbons (Fsp3) is 0.529. The summed E-state index contributed by atoms with van der Waals surface area (Å²) in [6.45, 7) is 13.7. The third kappa shape index (κ3) is 1.84. The Morgan fingerprint density at radius 3 is 2.06 bits per heavy atom. The van der Waals surface area contributed by atoms with E-state index in [4.69, 9.17) is 0 Å². The Kier molecular flexibility index (Phi) is 3.16. The molecule has 2 aliphatic rings. The third-order valence-corrected chi connectivity index (χ3v) is 4.69. The Hall–Kier alpha value is -1.04. The first kappa shape index (κ1) is 12.4. The predicted octanol–water partition coefficient (Wildman–Crippen LogP) is 5.20. The van der Waals surface area contributed by atoms with E-state index in [0.717, 1.165) is 6.42 Å². The van der Waals surface area contributed by atoms with Crippen LogP contribution in [0.4, 0.5) is 0 Å². The quantitative estimate of drug-likeness (QED) is 0.578. The number of fused-ring (bicyclic) bond motifs is 1. The molecule has 0 aromatic rings. The average molecular weight is 228 g/mol. The highest BCUT2D eigenvalue weighted by atomic mass is 14.3. The molecule has 2 rings (SSSR count). The van der Waals surface area contributed by atoms with Gasteiger partial charge in [-0.15, -0.1) is 0 Å². The first-order chi connectivity index (χ1) is 7.97. The van der Waals surface area contributed by atoms with Crippen molar-refractivity contribution in [1.29, 1.82) is 0 Å². The maximum atomic E-state index is 2.47. The Balaban J connectivity index is 2.55. The lowest BCUT2D eigenvalue weighted by Gasteiger charge is -2.36. The van der Waals surface area contributed by atoms with E-state index in [1.165, 1.54) is 16.7 Å². The summed E-state index contributed by atoms with van der Waals surface area (Å²) in [4.78, 5) is 0. The molecule has 0 N–H and O–H groups in total. The molecule has 0 aliphatic heterocycles. The number of rotatable bonds is 1. The second-order valence-electron chi connectivity index (χ2n) is 5.58. The molecule has 0 fully saturated rings. The molecule has 0 aromatic heterocycles. The molecule has 0 nitrogen and oxygen atoms in total. The zero-order chi connectivity index (χ0) is 12.7. The van der Waals surface area contributed by atoms with Crippen LogP contribution < -0.4 is 0 Å². The zero-order valence-electron chi connectivity index (χ0n) is 12.0. The molecule has 92 valence electrons. The van der Waals surface area contributed by atoms with Gasteiger partial charge < -0.3 is 0 Å². The van der Waals surface area contributed by atoms with E-state index in [2.05, 4.69) is 53.7 Å². The Morgan fingerprint density at radius 1 is 0.882 bits per heavy atom. The topological polar surface area (TPSA) is 0 Å². The fourth-order valence-corrected chi connectivity index (χ4v) is 3.55. The SMILES string of the molecule is CCC1=C(C)C2C(C)=C(C)C(C)=CC2C=C1C. The smallest absolute Gasteiger partial charge is 0.0111 e. The molecule has 0 heterocycles. The molecule has 2 atom stereocenters. The number of allylic oxidation sites excluding steroid dienone is 8. The summed E-state index contributed by atoms with van der Waals surface area (Å²) in [5.41, 5.74) is 9.18. The van der Waals surface area contributed by atoms with E-state index in [0.29, 0.717) is 11.8 Å². The molecule has 2 aliphatic carbocycles. The average Bonchev–Trinajstić information content (AvgIpc) is 2.26. The van der Waals surface area contributed by atoms with E-state index < -0.39 is 0 Å². The first-order valence-electron chi connectivity index (χ1n) is 6.72. The second-order valence-corrected chi connectivity index (χ2v) is 5.58. The van der Waals surface area contributed by atoms with Gasteiger partial charge in [-0.05, 0) is 52.2 Å². The van der Waals surface area contributed by atoms with Gasteiger partial charge in [0.05, 0.1) is 0 Å². The van der Waals surface area contributed by atoms with Crippen molar-refractivity contribution < 1.29 is 0 Å². The van der Waals surface area contributed by atoms with Crippen LogP contribution in [0.15, 0.2) is 45.6 Å². The molecule has 0 saturated carbocycles. The van der Waals surface area contributed by atoms with Crippen LogP contribution in [0.5, 0.6) is 0 Å². The van der Waals surface area contributed by atoms with Gasteiger partial charge in [-0.1, -0.05) is 41.4 Å². The van der Waals surface area contributed by atoms with Crippen molar-refractivity contribution in [1.82, 2.24) is 0 Å². The minimum Gasteiger partial charge on any atom is -0.0735 e. The first-order valence-corrected chi connectivity index (χ1v) is 6.72. The largest absolute Gasteiger partial charge is 0.0735 e. The molecule has 0 spiro atoms. The second kappa shape index (κ2) is 4.33. The highest BCUT2D eigenvalue weighted by molar-refractivity contribution is 5.49. The van der Waals surface area contributed by atoms with Gasteiger partial charge >= 0.3 is 0 Å². The van der Waals surface area contributed by atoms with E-state index in [9.17, 15) is 0 Å². The molecule has 0 radical (unpaired) electrons. The summed E-state index contributed by atoms with van der Waals surface area (Å²) >= 11 is 0. The summed E-state index contributed by atoms with van der Waals surface area (Å²) in [5.74, 6) is 1.21. The van der Waals surface area contributed by atoms with Gasteiger partial charge in [0.2, 0.25) is 0 Å². The predicted molar refractivity (Wildman–Crippen MR) is 75.9 cm³/mol. The van der Waals surface area contributed by atoms with Gasteiger partial charge in [0.1, 0.15) is 0 Å². The molecular formula is C17H24. The lowest BCUT2D eigenvalue weighted by molar-refractivity contribution is 0.563. The standard InChI is InChI=1S/C17H24/c1-7-16-11(3)9-15-8-10(2)12(4)13(5)17(15)14(16)6/h8-9,15,17H,7H2,1-6H3. The van der Waals surface area contributed by atoms with Gasteiger partial charge in [0.25, 0.3) is 0 Å². The minimum atomic E-state index is 0.592. The van der Waals surface area contributed by atoms with Crippen molar-refractivity contribution in [3.63, 3.8) is 0 Å². The van der Waals surface area contributed by atoms with Crippen molar-refractivity contribution >= 4 is 0 Å². The van der Waals surface area contributed by atoms with Crippen LogP contribution in [0, 0.1) is 11.8 Å². The summed E-state index contributed by atoms with van der Waals surface area (Å²) in [5, 5.41) is 0. The lowest BCUT2D eigenvalue weighted by atomic mass is 9.68. The van der Waals surface area contributed by atoms with Gasteiger partial charge in [0.15, 0.2) is 0 Å². The van der Waals surface area contributed by atoms with Crippen LogP contribution >= 0.6 is 0 Å². The molecule has 17 heavy (non-hydrogen) atoms. The summed E-state index contributed by atoms with van der Waals surface area (Å²) in [7, 11) is 0. The normalized spacial score (nSPS) is 29.1.